The average Bonchev–Trinajstić information content (AvgIpc) is 2.45. The molecule has 1 nitrogen and oxygen atoms in total. The molecule has 2 aromatic rings. The van der Waals surface area contributed by atoms with Crippen molar-refractivity contribution in [1.29, 1.82) is 0 Å². The van der Waals surface area contributed by atoms with Gasteiger partial charge in [0.1, 0.15) is 5.75 Å². The van der Waals surface area contributed by atoms with Gasteiger partial charge in [-0.25, -0.2) is 13.2 Å². The van der Waals surface area contributed by atoms with Crippen molar-refractivity contribution in [3.63, 3.8) is 0 Å². The summed E-state index contributed by atoms with van der Waals surface area (Å²) in [5.41, 5.74) is 0.353. The first-order valence-corrected chi connectivity index (χ1v) is 6.85. The Hall–Kier alpha value is -1.10. The second-order valence-electron chi connectivity index (χ2n) is 4.17. The van der Waals surface area contributed by atoms with Crippen LogP contribution in [0.2, 0.25) is 10.0 Å². The largest absolute Gasteiger partial charge is 0.495 e. The van der Waals surface area contributed by atoms with Crippen molar-refractivity contribution in [2.75, 3.05) is 7.11 Å². The quantitative estimate of drug-likeness (QED) is 0.503. The summed E-state index contributed by atoms with van der Waals surface area (Å²) in [5, 5.41) is -0.544. The predicted octanol–water partition coefficient (Wildman–Crippen LogP) is 5.75. The number of hydrogen-bond donors (Lipinski definition) is 0. The second-order valence-corrected chi connectivity index (χ2v) is 5.42. The second kappa shape index (κ2) is 6.34. The molecule has 0 aliphatic rings. The lowest BCUT2D eigenvalue weighted by Gasteiger charge is -2.15. The van der Waals surface area contributed by atoms with Gasteiger partial charge < -0.3 is 4.74 Å². The van der Waals surface area contributed by atoms with E-state index in [1.807, 2.05) is 0 Å². The zero-order chi connectivity index (χ0) is 15.7. The average molecular weight is 356 g/mol. The van der Waals surface area contributed by atoms with Crippen LogP contribution in [0.5, 0.6) is 5.75 Å². The molecule has 112 valence electrons. The van der Waals surface area contributed by atoms with Crippen LogP contribution in [0.25, 0.3) is 0 Å². The normalized spacial score (nSPS) is 12.3. The molecule has 0 heterocycles. The topological polar surface area (TPSA) is 9.23 Å². The number of rotatable bonds is 3. The Morgan fingerprint density at radius 2 is 1.52 bits per heavy atom. The van der Waals surface area contributed by atoms with E-state index in [0.29, 0.717) is 11.3 Å². The Kier molecular flexibility index (Phi) is 4.91. The molecule has 1 unspecified atom stereocenters. The van der Waals surface area contributed by atoms with Crippen LogP contribution < -0.4 is 4.74 Å². The Bertz CT molecular complexity index is 668. The van der Waals surface area contributed by atoms with E-state index in [2.05, 4.69) is 0 Å². The van der Waals surface area contributed by atoms with Crippen molar-refractivity contribution in [3.05, 3.63) is 62.9 Å². The summed E-state index contributed by atoms with van der Waals surface area (Å²) in [5.74, 6) is -3.87. The van der Waals surface area contributed by atoms with Crippen molar-refractivity contribution in [2.24, 2.45) is 0 Å². The Morgan fingerprint density at radius 1 is 0.952 bits per heavy atom. The first-order valence-electron chi connectivity index (χ1n) is 5.66. The highest BCUT2D eigenvalue weighted by Gasteiger charge is 2.20. The van der Waals surface area contributed by atoms with Gasteiger partial charge in [-0.1, -0.05) is 23.2 Å². The molecule has 0 radical (unpaired) electrons. The maximum Gasteiger partial charge on any atom is 0.194 e. The molecule has 2 aromatic carbocycles. The first-order chi connectivity index (χ1) is 9.85. The molecule has 0 spiro atoms. The first kappa shape index (κ1) is 16.3. The lowest BCUT2D eigenvalue weighted by molar-refractivity contribution is 0.415. The molecule has 0 aliphatic carbocycles. The van der Waals surface area contributed by atoms with E-state index in [1.165, 1.54) is 19.2 Å². The van der Waals surface area contributed by atoms with Crippen LogP contribution in [-0.4, -0.2) is 7.11 Å². The number of ether oxygens (including phenoxy) is 1. The summed E-state index contributed by atoms with van der Waals surface area (Å²) in [6.45, 7) is 0. The molecule has 0 fully saturated rings. The molecule has 7 heteroatoms. The zero-order valence-corrected chi connectivity index (χ0v) is 12.8. The minimum atomic E-state index is -1.55. The Morgan fingerprint density at radius 3 is 2.05 bits per heavy atom. The maximum atomic E-state index is 13.3. The van der Waals surface area contributed by atoms with Gasteiger partial charge in [-0.3, -0.25) is 0 Å². The van der Waals surface area contributed by atoms with Crippen LogP contribution in [0.4, 0.5) is 13.2 Å². The summed E-state index contributed by atoms with van der Waals surface area (Å²) in [6, 6.07) is 4.49. The molecule has 2 rings (SSSR count). The van der Waals surface area contributed by atoms with Gasteiger partial charge in [0.05, 0.1) is 17.5 Å². The number of alkyl halides is 1. The van der Waals surface area contributed by atoms with Crippen LogP contribution >= 0.6 is 34.8 Å². The van der Waals surface area contributed by atoms with Crippen LogP contribution in [-0.2, 0) is 0 Å². The molecular formula is C14H8Cl3F3O. The van der Waals surface area contributed by atoms with Gasteiger partial charge in [-0.05, 0) is 29.3 Å². The van der Waals surface area contributed by atoms with Crippen molar-refractivity contribution in [1.82, 2.24) is 0 Å². The highest BCUT2D eigenvalue weighted by atomic mass is 35.5. The highest BCUT2D eigenvalue weighted by Crippen LogP contribution is 2.39. The van der Waals surface area contributed by atoms with Gasteiger partial charge in [0.15, 0.2) is 17.5 Å². The van der Waals surface area contributed by atoms with Crippen molar-refractivity contribution in [2.45, 2.75) is 5.38 Å². The summed E-state index contributed by atoms with van der Waals surface area (Å²) in [7, 11) is 1.42. The minimum absolute atomic E-state index is 0.0243. The molecule has 0 N–H and O–H groups in total. The van der Waals surface area contributed by atoms with Gasteiger partial charge in [0.2, 0.25) is 0 Å². The van der Waals surface area contributed by atoms with E-state index in [9.17, 15) is 13.2 Å². The fraction of sp³-hybridized carbons (Fsp3) is 0.143. The van der Waals surface area contributed by atoms with Gasteiger partial charge >= 0.3 is 0 Å². The van der Waals surface area contributed by atoms with Gasteiger partial charge in [-0.15, -0.1) is 11.6 Å². The molecule has 0 bridgehead atoms. The van der Waals surface area contributed by atoms with Crippen LogP contribution in [0.15, 0.2) is 24.3 Å². The number of benzene rings is 2. The SMILES string of the molecule is COc1cc(Cl)c(C(Cl)c2cc(F)c(F)c(F)c2)cc1Cl. The molecule has 0 aromatic heterocycles. The molecule has 1 atom stereocenters. The Balaban J connectivity index is 2.50. The van der Waals surface area contributed by atoms with E-state index in [1.54, 1.807) is 0 Å². The lowest BCUT2D eigenvalue weighted by atomic mass is 10.0. The van der Waals surface area contributed by atoms with Crippen LogP contribution in [0, 0.1) is 17.5 Å². The third-order valence-corrected chi connectivity index (χ3v) is 3.95. The van der Waals surface area contributed by atoms with Crippen LogP contribution in [0.1, 0.15) is 16.5 Å². The van der Waals surface area contributed by atoms with Crippen molar-refractivity contribution >= 4 is 34.8 Å². The number of halogens is 6. The fourth-order valence-electron chi connectivity index (χ4n) is 1.80. The number of hydrogen-bond acceptors (Lipinski definition) is 1. The van der Waals surface area contributed by atoms with E-state index in [0.717, 1.165) is 12.1 Å². The summed E-state index contributed by atoms with van der Waals surface area (Å²) >= 11 is 18.2. The van der Waals surface area contributed by atoms with E-state index in [-0.39, 0.29) is 15.6 Å². The van der Waals surface area contributed by atoms with Crippen molar-refractivity contribution in [3.8, 4) is 5.75 Å². The molecule has 0 saturated heterocycles. The van der Waals surface area contributed by atoms with Crippen LogP contribution in [0.3, 0.4) is 0 Å². The molecule has 0 saturated carbocycles. The molecular weight excluding hydrogens is 348 g/mol. The summed E-state index contributed by atoms with van der Waals surface area (Å²) in [6.07, 6.45) is 0. The number of methoxy groups -OCH3 is 1. The predicted molar refractivity (Wildman–Crippen MR) is 77.0 cm³/mol. The van der Waals surface area contributed by atoms with E-state index in [4.69, 9.17) is 39.5 Å². The van der Waals surface area contributed by atoms with Gasteiger partial charge in [0, 0.05) is 11.1 Å². The highest BCUT2D eigenvalue weighted by molar-refractivity contribution is 6.36. The Labute approximate surface area is 134 Å². The van der Waals surface area contributed by atoms with Crippen molar-refractivity contribution < 1.29 is 17.9 Å². The lowest BCUT2D eigenvalue weighted by Crippen LogP contribution is -2.00. The van der Waals surface area contributed by atoms with E-state index >= 15 is 0 Å². The van der Waals surface area contributed by atoms with Gasteiger partial charge in [-0.2, -0.15) is 0 Å². The zero-order valence-electron chi connectivity index (χ0n) is 10.6. The maximum absolute atomic E-state index is 13.3. The monoisotopic (exact) mass is 354 g/mol. The minimum Gasteiger partial charge on any atom is -0.495 e. The third kappa shape index (κ3) is 3.23. The molecule has 21 heavy (non-hydrogen) atoms. The molecule has 0 amide bonds. The van der Waals surface area contributed by atoms with E-state index < -0.39 is 22.8 Å². The smallest absolute Gasteiger partial charge is 0.194 e. The summed E-state index contributed by atoms with van der Waals surface area (Å²) < 4.78 is 44.5. The fourth-order valence-corrected chi connectivity index (χ4v) is 2.67. The third-order valence-electron chi connectivity index (χ3n) is 2.84. The standard InChI is InChI=1S/C14H8Cl3F3O/c1-21-12-5-8(15)7(4-9(12)16)13(17)6-2-10(18)14(20)11(19)3-6/h2-5,13H,1H3. The molecule has 0 aliphatic heterocycles. The van der Waals surface area contributed by atoms with Gasteiger partial charge in [0.25, 0.3) is 0 Å². The summed E-state index contributed by atoms with van der Waals surface area (Å²) in [4.78, 5) is 0.